The zero-order valence-corrected chi connectivity index (χ0v) is 8.98. The summed E-state index contributed by atoms with van der Waals surface area (Å²) in [5, 5.41) is 21.3. The van der Waals surface area contributed by atoms with Gasteiger partial charge in [-0.1, -0.05) is 0 Å². The predicted molar refractivity (Wildman–Crippen MR) is 62.3 cm³/mol. The lowest BCUT2D eigenvalue weighted by Gasteiger charge is -2.07. The summed E-state index contributed by atoms with van der Waals surface area (Å²) in [4.78, 5) is 4.20. The maximum atomic E-state index is 9.67. The minimum atomic E-state index is 0.0124. The van der Waals surface area contributed by atoms with Crippen LogP contribution in [0.15, 0.2) is 35.8 Å². The van der Waals surface area contributed by atoms with Crippen LogP contribution in [0.25, 0.3) is 15.9 Å². The van der Waals surface area contributed by atoms with Crippen molar-refractivity contribution in [3.05, 3.63) is 35.8 Å². The van der Waals surface area contributed by atoms with Crippen LogP contribution in [0.1, 0.15) is 0 Å². The molecular formula is C11H8N2O2S. The Morgan fingerprint density at radius 1 is 1.06 bits per heavy atom. The van der Waals surface area contributed by atoms with Gasteiger partial charge >= 0.3 is 0 Å². The minimum absolute atomic E-state index is 0.0124. The molecule has 0 aromatic carbocycles. The number of nitrogens with zero attached hydrogens (tertiary/aromatic N) is 2. The molecule has 0 bridgehead atoms. The van der Waals surface area contributed by atoms with E-state index in [9.17, 15) is 10.2 Å². The lowest BCUT2D eigenvalue weighted by molar-refractivity contribution is 0.403. The third-order valence-corrected chi connectivity index (χ3v) is 3.33. The quantitative estimate of drug-likeness (QED) is 0.677. The topological polar surface area (TPSA) is 58.3 Å². The smallest absolute Gasteiger partial charge is 0.198 e. The van der Waals surface area contributed by atoms with Gasteiger partial charge in [0.05, 0.1) is 15.9 Å². The zero-order chi connectivity index (χ0) is 11.1. The highest BCUT2D eigenvalue weighted by Crippen LogP contribution is 2.32. The highest BCUT2D eigenvalue weighted by Gasteiger charge is 2.12. The van der Waals surface area contributed by atoms with E-state index < -0.39 is 0 Å². The van der Waals surface area contributed by atoms with E-state index in [1.165, 1.54) is 28.0 Å². The van der Waals surface area contributed by atoms with Gasteiger partial charge < -0.3 is 10.2 Å². The highest BCUT2D eigenvalue weighted by atomic mass is 32.1. The zero-order valence-electron chi connectivity index (χ0n) is 8.16. The molecule has 0 fully saturated rings. The maximum absolute atomic E-state index is 9.67. The number of hydrogen-bond donors (Lipinski definition) is 2. The van der Waals surface area contributed by atoms with Crippen molar-refractivity contribution in [2.24, 2.45) is 0 Å². The average Bonchev–Trinajstić information content (AvgIpc) is 2.86. The molecule has 0 aliphatic rings. The molecule has 0 aliphatic carbocycles. The van der Waals surface area contributed by atoms with Gasteiger partial charge in [0.1, 0.15) is 0 Å². The lowest BCUT2D eigenvalue weighted by Crippen LogP contribution is -1.93. The van der Waals surface area contributed by atoms with Crippen molar-refractivity contribution < 1.29 is 10.2 Å². The van der Waals surface area contributed by atoms with Crippen molar-refractivity contribution in [2.75, 3.05) is 0 Å². The van der Waals surface area contributed by atoms with E-state index in [0.717, 1.165) is 15.9 Å². The average molecular weight is 232 g/mol. The van der Waals surface area contributed by atoms with Crippen LogP contribution in [0.3, 0.4) is 0 Å². The van der Waals surface area contributed by atoms with Crippen LogP contribution in [0.4, 0.5) is 0 Å². The Hall–Kier alpha value is -2.01. The van der Waals surface area contributed by atoms with E-state index in [4.69, 9.17) is 0 Å². The van der Waals surface area contributed by atoms with Gasteiger partial charge in [0.2, 0.25) is 0 Å². The van der Waals surface area contributed by atoms with E-state index in [1.54, 1.807) is 12.3 Å². The van der Waals surface area contributed by atoms with Gasteiger partial charge in [0, 0.05) is 18.3 Å². The Labute approximate surface area is 95.0 Å². The molecule has 3 aromatic heterocycles. The van der Waals surface area contributed by atoms with E-state index in [0.29, 0.717) is 0 Å². The lowest BCUT2D eigenvalue weighted by atomic mass is 10.3. The summed E-state index contributed by atoms with van der Waals surface area (Å²) in [6.07, 6.45) is 1.66. The molecule has 0 amide bonds. The fourth-order valence-corrected chi connectivity index (χ4v) is 2.55. The van der Waals surface area contributed by atoms with E-state index >= 15 is 0 Å². The molecule has 3 rings (SSSR count). The van der Waals surface area contributed by atoms with Crippen molar-refractivity contribution >= 4 is 21.6 Å². The standard InChI is InChI=1S/C11H8N2O2S/c14-9-1-2-10(15)13(9)8-3-5-12-7-4-6-16-11(7)8/h1-6,14-15H. The maximum Gasteiger partial charge on any atom is 0.198 e. The number of thiophene rings is 1. The summed E-state index contributed by atoms with van der Waals surface area (Å²) >= 11 is 1.52. The summed E-state index contributed by atoms with van der Waals surface area (Å²) in [6, 6.07) is 6.57. The summed E-state index contributed by atoms with van der Waals surface area (Å²) in [5.74, 6) is 0.0248. The Bertz CT molecular complexity index is 637. The van der Waals surface area contributed by atoms with Gasteiger partial charge in [-0.2, -0.15) is 0 Å². The number of aromatic nitrogens is 2. The SMILES string of the molecule is Oc1ccc(O)n1-c1ccnc2ccsc12. The van der Waals surface area contributed by atoms with Gasteiger partial charge in [-0.05, 0) is 17.5 Å². The molecule has 0 saturated carbocycles. The fourth-order valence-electron chi connectivity index (χ4n) is 1.70. The number of fused-ring (bicyclic) bond motifs is 1. The third kappa shape index (κ3) is 1.18. The fraction of sp³-hybridized carbons (Fsp3) is 0. The summed E-state index contributed by atoms with van der Waals surface area (Å²) in [7, 11) is 0. The van der Waals surface area contributed by atoms with Crippen molar-refractivity contribution in [3.8, 4) is 17.4 Å². The van der Waals surface area contributed by atoms with Gasteiger partial charge in [0.25, 0.3) is 0 Å². The molecule has 16 heavy (non-hydrogen) atoms. The Kier molecular flexibility index (Phi) is 1.87. The second-order valence-electron chi connectivity index (χ2n) is 3.35. The number of rotatable bonds is 1. The Morgan fingerprint density at radius 3 is 2.56 bits per heavy atom. The summed E-state index contributed by atoms with van der Waals surface area (Å²) in [5.41, 5.74) is 1.59. The van der Waals surface area contributed by atoms with Crippen LogP contribution in [0.5, 0.6) is 11.8 Å². The van der Waals surface area contributed by atoms with Crippen molar-refractivity contribution in [2.45, 2.75) is 0 Å². The second-order valence-corrected chi connectivity index (χ2v) is 4.27. The minimum Gasteiger partial charge on any atom is -0.494 e. The molecular weight excluding hydrogens is 224 g/mol. The third-order valence-electron chi connectivity index (χ3n) is 2.40. The van der Waals surface area contributed by atoms with Crippen LogP contribution >= 0.6 is 11.3 Å². The number of aromatic hydroxyl groups is 2. The first-order valence-corrected chi connectivity index (χ1v) is 5.57. The first-order chi connectivity index (χ1) is 7.77. The van der Waals surface area contributed by atoms with Gasteiger partial charge in [-0.15, -0.1) is 11.3 Å². The Balaban J connectivity index is 2.38. The molecule has 0 unspecified atom stereocenters. The summed E-state index contributed by atoms with van der Waals surface area (Å²) < 4.78 is 2.32. The van der Waals surface area contributed by atoms with Crippen molar-refractivity contribution in [1.29, 1.82) is 0 Å². The monoisotopic (exact) mass is 232 g/mol. The van der Waals surface area contributed by atoms with Crippen LogP contribution in [-0.4, -0.2) is 19.8 Å². The molecule has 5 heteroatoms. The van der Waals surface area contributed by atoms with Gasteiger partial charge in [-0.3, -0.25) is 9.55 Å². The molecule has 0 atom stereocenters. The first kappa shape index (κ1) is 9.23. The van der Waals surface area contributed by atoms with E-state index in [-0.39, 0.29) is 11.8 Å². The second kappa shape index (κ2) is 3.24. The predicted octanol–water partition coefficient (Wildman–Crippen LogP) is 2.50. The molecule has 80 valence electrons. The molecule has 0 spiro atoms. The number of pyridine rings is 1. The van der Waals surface area contributed by atoms with Gasteiger partial charge in [0.15, 0.2) is 11.8 Å². The Morgan fingerprint density at radius 2 is 1.81 bits per heavy atom. The molecule has 0 aliphatic heterocycles. The molecule has 0 saturated heterocycles. The first-order valence-electron chi connectivity index (χ1n) is 4.69. The highest BCUT2D eigenvalue weighted by molar-refractivity contribution is 7.17. The van der Waals surface area contributed by atoms with Crippen LogP contribution < -0.4 is 0 Å². The summed E-state index contributed by atoms with van der Waals surface area (Å²) in [6.45, 7) is 0. The molecule has 4 nitrogen and oxygen atoms in total. The number of hydrogen-bond acceptors (Lipinski definition) is 4. The van der Waals surface area contributed by atoms with E-state index in [1.807, 2.05) is 11.4 Å². The van der Waals surface area contributed by atoms with Crippen molar-refractivity contribution in [1.82, 2.24) is 9.55 Å². The molecule has 3 heterocycles. The van der Waals surface area contributed by atoms with Crippen LogP contribution in [0.2, 0.25) is 0 Å². The van der Waals surface area contributed by atoms with Gasteiger partial charge in [-0.25, -0.2) is 0 Å². The normalized spacial score (nSPS) is 11.0. The molecule has 2 N–H and O–H groups in total. The molecule has 3 aromatic rings. The molecule has 0 radical (unpaired) electrons. The van der Waals surface area contributed by atoms with E-state index in [2.05, 4.69) is 4.98 Å². The van der Waals surface area contributed by atoms with Crippen LogP contribution in [-0.2, 0) is 0 Å². The van der Waals surface area contributed by atoms with Crippen LogP contribution in [0, 0.1) is 0 Å². The largest absolute Gasteiger partial charge is 0.494 e. The van der Waals surface area contributed by atoms with Crippen molar-refractivity contribution in [3.63, 3.8) is 0 Å².